The molecule has 0 radical (unpaired) electrons. The van der Waals surface area contributed by atoms with Gasteiger partial charge in [-0.25, -0.2) is 8.42 Å². The second-order valence-electron chi connectivity index (χ2n) is 6.43. The lowest BCUT2D eigenvalue weighted by atomic mass is 10.2. The van der Waals surface area contributed by atoms with Crippen molar-refractivity contribution in [1.82, 2.24) is 4.31 Å². The first-order chi connectivity index (χ1) is 12.3. The molecule has 2 aromatic rings. The van der Waals surface area contributed by atoms with Crippen LogP contribution in [0.3, 0.4) is 0 Å². The van der Waals surface area contributed by atoms with E-state index < -0.39 is 10.0 Å². The molecule has 0 aliphatic carbocycles. The Morgan fingerprint density at radius 3 is 2.58 bits per heavy atom. The van der Waals surface area contributed by atoms with Gasteiger partial charge in [-0.2, -0.15) is 4.31 Å². The summed E-state index contributed by atoms with van der Waals surface area (Å²) in [5, 5.41) is 0. The molecule has 0 aromatic heterocycles. The van der Waals surface area contributed by atoms with Crippen LogP contribution in [0.5, 0.6) is 5.75 Å². The van der Waals surface area contributed by atoms with Crippen LogP contribution in [0.15, 0.2) is 53.4 Å². The molecule has 0 saturated carbocycles. The molecule has 26 heavy (non-hydrogen) atoms. The van der Waals surface area contributed by atoms with Gasteiger partial charge in [0.25, 0.3) is 0 Å². The molecule has 1 aliphatic heterocycles. The predicted molar refractivity (Wildman–Crippen MR) is 99.7 cm³/mol. The molecule has 0 bridgehead atoms. The molecule has 0 fully saturated rings. The van der Waals surface area contributed by atoms with Gasteiger partial charge in [0.05, 0.1) is 17.1 Å². The molecular formula is C19H22N2O4S. The Morgan fingerprint density at radius 2 is 1.92 bits per heavy atom. The summed E-state index contributed by atoms with van der Waals surface area (Å²) in [7, 11) is -2.15. The summed E-state index contributed by atoms with van der Waals surface area (Å²) >= 11 is 0. The van der Waals surface area contributed by atoms with Crippen LogP contribution in [-0.2, 0) is 21.4 Å². The van der Waals surface area contributed by atoms with E-state index in [0.717, 1.165) is 5.56 Å². The minimum atomic E-state index is -3.69. The lowest BCUT2D eigenvalue weighted by Crippen LogP contribution is -2.41. The Labute approximate surface area is 154 Å². The number of fused-ring (bicyclic) bond motifs is 1. The first kappa shape index (κ1) is 18.4. The summed E-state index contributed by atoms with van der Waals surface area (Å²) in [5.41, 5.74) is 1.39. The summed E-state index contributed by atoms with van der Waals surface area (Å²) in [6.07, 6.45) is -0.144. The van der Waals surface area contributed by atoms with Gasteiger partial charge in [-0.15, -0.1) is 0 Å². The molecule has 3 rings (SSSR count). The fraction of sp³-hybridized carbons (Fsp3) is 0.316. The van der Waals surface area contributed by atoms with Crippen molar-refractivity contribution in [2.75, 3.05) is 18.5 Å². The van der Waals surface area contributed by atoms with E-state index in [9.17, 15) is 13.2 Å². The van der Waals surface area contributed by atoms with Crippen molar-refractivity contribution in [3.63, 3.8) is 0 Å². The van der Waals surface area contributed by atoms with Crippen molar-refractivity contribution in [1.29, 1.82) is 0 Å². The highest BCUT2D eigenvalue weighted by Crippen LogP contribution is 2.36. The van der Waals surface area contributed by atoms with Crippen molar-refractivity contribution in [3.8, 4) is 5.75 Å². The number of ether oxygens (including phenoxy) is 1. The number of anilines is 1. The van der Waals surface area contributed by atoms with E-state index in [1.54, 1.807) is 18.0 Å². The molecule has 1 amide bonds. The number of rotatable bonds is 4. The minimum absolute atomic E-state index is 0.138. The fourth-order valence-electron chi connectivity index (χ4n) is 2.98. The molecule has 0 unspecified atom stereocenters. The number of nitrogens with zero attached hydrogens (tertiary/aromatic N) is 2. The third kappa shape index (κ3) is 3.59. The Balaban J connectivity index is 1.93. The minimum Gasteiger partial charge on any atom is -0.487 e. The fourth-order valence-corrected chi connectivity index (χ4v) is 4.16. The van der Waals surface area contributed by atoms with Gasteiger partial charge in [-0.3, -0.25) is 4.79 Å². The number of carbonyl (C=O) groups excluding carboxylic acids is 1. The molecular weight excluding hydrogens is 352 g/mol. The normalized spacial score (nSPS) is 16.9. The Morgan fingerprint density at radius 1 is 1.23 bits per heavy atom. The number of benzene rings is 2. The topological polar surface area (TPSA) is 66.9 Å². The number of carbonyl (C=O) groups is 1. The average Bonchev–Trinajstić information content (AvgIpc) is 2.61. The van der Waals surface area contributed by atoms with Crippen LogP contribution in [-0.4, -0.2) is 38.3 Å². The van der Waals surface area contributed by atoms with E-state index in [4.69, 9.17) is 4.74 Å². The summed E-state index contributed by atoms with van der Waals surface area (Å²) in [6, 6.07) is 14.0. The van der Waals surface area contributed by atoms with Crippen LogP contribution in [0, 0.1) is 0 Å². The van der Waals surface area contributed by atoms with Crippen LogP contribution >= 0.6 is 0 Å². The highest BCUT2D eigenvalue weighted by molar-refractivity contribution is 7.89. The van der Waals surface area contributed by atoms with Gasteiger partial charge in [0.1, 0.15) is 11.9 Å². The van der Waals surface area contributed by atoms with Gasteiger partial charge in [0, 0.05) is 20.5 Å². The Kier molecular flexibility index (Phi) is 5.02. The van der Waals surface area contributed by atoms with Gasteiger partial charge in [-0.05, 0) is 30.7 Å². The van der Waals surface area contributed by atoms with Crippen LogP contribution in [0.1, 0.15) is 19.4 Å². The van der Waals surface area contributed by atoms with Crippen LogP contribution in [0.25, 0.3) is 0 Å². The highest BCUT2D eigenvalue weighted by atomic mass is 32.2. The molecule has 6 nitrogen and oxygen atoms in total. The van der Waals surface area contributed by atoms with Crippen LogP contribution < -0.4 is 9.64 Å². The summed E-state index contributed by atoms with van der Waals surface area (Å²) in [6.45, 7) is 4.00. The van der Waals surface area contributed by atoms with Crippen molar-refractivity contribution in [2.24, 2.45) is 0 Å². The lowest BCUT2D eigenvalue weighted by Gasteiger charge is -2.33. The first-order valence-electron chi connectivity index (χ1n) is 8.38. The Hall–Kier alpha value is -2.38. The van der Waals surface area contributed by atoms with E-state index in [-0.39, 0.29) is 23.5 Å². The maximum absolute atomic E-state index is 12.9. The quantitative estimate of drug-likeness (QED) is 0.825. The smallest absolute Gasteiger partial charge is 0.243 e. The molecule has 1 atom stereocenters. The lowest BCUT2D eigenvalue weighted by molar-refractivity contribution is -0.117. The SMILES string of the molecule is CC(=O)N1C[C@H](C)Oc2ccc(S(=O)(=O)N(C)Cc3ccccc3)cc21. The molecule has 7 heteroatoms. The zero-order valence-corrected chi connectivity index (χ0v) is 15.9. The van der Waals surface area contributed by atoms with Gasteiger partial charge in [0.2, 0.25) is 15.9 Å². The largest absolute Gasteiger partial charge is 0.487 e. The van der Waals surface area contributed by atoms with E-state index in [1.165, 1.54) is 23.4 Å². The maximum atomic E-state index is 12.9. The number of hydrogen-bond acceptors (Lipinski definition) is 4. The predicted octanol–water partition coefficient (Wildman–Crippen LogP) is 2.64. The zero-order valence-electron chi connectivity index (χ0n) is 15.0. The van der Waals surface area contributed by atoms with Crippen LogP contribution in [0.2, 0.25) is 0 Å². The third-order valence-electron chi connectivity index (χ3n) is 4.33. The first-order valence-corrected chi connectivity index (χ1v) is 9.82. The standard InChI is InChI=1S/C19H22N2O4S/c1-14-12-21(15(2)22)18-11-17(9-10-19(18)25-14)26(23,24)20(3)13-16-7-5-4-6-8-16/h4-11,14H,12-13H2,1-3H3/t14-/m0/s1. The summed E-state index contributed by atoms with van der Waals surface area (Å²) < 4.78 is 32.9. The number of sulfonamides is 1. The molecule has 0 spiro atoms. The van der Waals surface area contributed by atoms with E-state index in [2.05, 4.69) is 0 Å². The summed E-state index contributed by atoms with van der Waals surface area (Å²) in [5.74, 6) is 0.372. The zero-order chi connectivity index (χ0) is 18.9. The van der Waals surface area contributed by atoms with E-state index >= 15 is 0 Å². The van der Waals surface area contributed by atoms with E-state index in [1.807, 2.05) is 37.3 Å². The van der Waals surface area contributed by atoms with Crippen molar-refractivity contribution < 1.29 is 17.9 Å². The molecule has 2 aromatic carbocycles. The molecule has 0 saturated heterocycles. The van der Waals surface area contributed by atoms with Crippen molar-refractivity contribution >= 4 is 21.6 Å². The van der Waals surface area contributed by atoms with E-state index in [0.29, 0.717) is 18.0 Å². The highest BCUT2D eigenvalue weighted by Gasteiger charge is 2.29. The van der Waals surface area contributed by atoms with Crippen molar-refractivity contribution in [2.45, 2.75) is 31.4 Å². The maximum Gasteiger partial charge on any atom is 0.243 e. The second kappa shape index (κ2) is 7.09. The Bertz CT molecular complexity index is 912. The number of hydrogen-bond donors (Lipinski definition) is 0. The molecule has 1 aliphatic rings. The molecule has 0 N–H and O–H groups in total. The van der Waals surface area contributed by atoms with Crippen molar-refractivity contribution in [3.05, 3.63) is 54.1 Å². The second-order valence-corrected chi connectivity index (χ2v) is 8.48. The van der Waals surface area contributed by atoms with Gasteiger partial charge < -0.3 is 9.64 Å². The summed E-state index contributed by atoms with van der Waals surface area (Å²) in [4.78, 5) is 13.6. The molecule has 1 heterocycles. The average molecular weight is 374 g/mol. The van der Waals surface area contributed by atoms with Gasteiger partial charge in [0.15, 0.2) is 0 Å². The van der Waals surface area contributed by atoms with Gasteiger partial charge >= 0.3 is 0 Å². The monoisotopic (exact) mass is 374 g/mol. The molecule has 138 valence electrons. The third-order valence-corrected chi connectivity index (χ3v) is 6.12. The number of amides is 1. The van der Waals surface area contributed by atoms with Crippen LogP contribution in [0.4, 0.5) is 5.69 Å². The van der Waals surface area contributed by atoms with Gasteiger partial charge in [-0.1, -0.05) is 30.3 Å².